The molecule has 2 heterocycles. The molecule has 1 unspecified atom stereocenters. The largest absolute Gasteiger partial charge is 0.379 e. The molecule has 1 aliphatic heterocycles. The Kier molecular flexibility index (Phi) is 6.62. The molecule has 0 spiro atoms. The maximum atomic E-state index is 13.5. The van der Waals surface area contributed by atoms with Crippen molar-refractivity contribution >= 4 is 5.91 Å². The lowest BCUT2D eigenvalue weighted by molar-refractivity contribution is 0.0228. The van der Waals surface area contributed by atoms with Crippen LogP contribution in [0, 0.1) is 0 Å². The molecule has 0 aliphatic carbocycles. The Balaban J connectivity index is 1.53. The third-order valence-electron chi connectivity index (χ3n) is 5.63. The van der Waals surface area contributed by atoms with E-state index in [0.717, 1.165) is 49.7 Å². The van der Waals surface area contributed by atoms with Crippen molar-refractivity contribution in [2.45, 2.75) is 19.5 Å². The molecule has 0 saturated carbocycles. The molecule has 5 nitrogen and oxygen atoms in total. The summed E-state index contributed by atoms with van der Waals surface area (Å²) >= 11 is 0. The molecule has 0 bridgehead atoms. The number of amides is 1. The van der Waals surface area contributed by atoms with Gasteiger partial charge in [-0.3, -0.25) is 9.69 Å². The lowest BCUT2D eigenvalue weighted by atomic mass is 10.1. The molecule has 0 N–H and O–H groups in total. The van der Waals surface area contributed by atoms with Gasteiger partial charge in [0.2, 0.25) is 0 Å². The van der Waals surface area contributed by atoms with Gasteiger partial charge < -0.3 is 14.2 Å². The van der Waals surface area contributed by atoms with Crippen molar-refractivity contribution < 1.29 is 9.53 Å². The number of ether oxygens (including phenoxy) is 1. The Bertz CT molecular complexity index is 917. The summed E-state index contributed by atoms with van der Waals surface area (Å²) in [6.07, 6.45) is 4.01. The standard InChI is InChI=1S/C25H29N3O2/c1-21(19-26-15-17-30-18-16-26)28(20-22-7-3-2-4-8-22)25(29)23-9-11-24(12-10-23)27-13-5-6-14-27/h2-14,21H,15-20H2,1H3. The summed E-state index contributed by atoms with van der Waals surface area (Å²) in [5, 5.41) is 0. The van der Waals surface area contributed by atoms with Gasteiger partial charge in [0.05, 0.1) is 13.2 Å². The van der Waals surface area contributed by atoms with Crippen LogP contribution in [0.2, 0.25) is 0 Å². The second-order valence-electron chi connectivity index (χ2n) is 7.82. The number of morpholine rings is 1. The van der Waals surface area contributed by atoms with Crippen LogP contribution in [0.15, 0.2) is 79.1 Å². The lowest BCUT2D eigenvalue weighted by Crippen LogP contribution is -2.48. The third-order valence-corrected chi connectivity index (χ3v) is 5.63. The first-order valence-electron chi connectivity index (χ1n) is 10.6. The minimum absolute atomic E-state index is 0.0682. The van der Waals surface area contributed by atoms with Crippen molar-refractivity contribution in [2.24, 2.45) is 0 Å². The maximum absolute atomic E-state index is 13.5. The van der Waals surface area contributed by atoms with Gasteiger partial charge in [0.15, 0.2) is 0 Å². The average Bonchev–Trinajstić information content (AvgIpc) is 3.33. The van der Waals surface area contributed by atoms with Crippen LogP contribution in [0.1, 0.15) is 22.8 Å². The van der Waals surface area contributed by atoms with E-state index in [4.69, 9.17) is 4.74 Å². The molecule has 1 fully saturated rings. The molecule has 1 aliphatic rings. The van der Waals surface area contributed by atoms with Crippen LogP contribution in [0.5, 0.6) is 0 Å². The van der Waals surface area contributed by atoms with E-state index in [9.17, 15) is 4.79 Å². The number of benzene rings is 2. The van der Waals surface area contributed by atoms with Gasteiger partial charge in [0.25, 0.3) is 5.91 Å². The fraction of sp³-hybridized carbons (Fsp3) is 0.320. The highest BCUT2D eigenvalue weighted by Crippen LogP contribution is 2.17. The minimum Gasteiger partial charge on any atom is -0.379 e. The molecule has 2 aromatic carbocycles. The number of hydrogen-bond acceptors (Lipinski definition) is 3. The maximum Gasteiger partial charge on any atom is 0.254 e. The normalized spacial score (nSPS) is 15.6. The lowest BCUT2D eigenvalue weighted by Gasteiger charge is -2.35. The zero-order valence-corrected chi connectivity index (χ0v) is 17.5. The van der Waals surface area contributed by atoms with Crippen molar-refractivity contribution in [3.63, 3.8) is 0 Å². The predicted octanol–water partition coefficient (Wildman–Crippen LogP) is 3.84. The SMILES string of the molecule is CC(CN1CCOCC1)N(Cc1ccccc1)C(=O)c1ccc(-n2cccc2)cc1. The third kappa shape index (κ3) is 4.99. The van der Waals surface area contributed by atoms with Crippen molar-refractivity contribution in [2.75, 3.05) is 32.8 Å². The second kappa shape index (κ2) is 9.74. The van der Waals surface area contributed by atoms with Crippen molar-refractivity contribution in [3.05, 3.63) is 90.3 Å². The summed E-state index contributed by atoms with van der Waals surface area (Å²) in [6.45, 7) is 6.96. The van der Waals surface area contributed by atoms with Crippen molar-refractivity contribution in [3.8, 4) is 5.69 Å². The van der Waals surface area contributed by atoms with E-state index in [0.29, 0.717) is 6.54 Å². The molecule has 1 amide bonds. The molecule has 1 saturated heterocycles. The highest BCUT2D eigenvalue weighted by Gasteiger charge is 2.24. The highest BCUT2D eigenvalue weighted by molar-refractivity contribution is 5.94. The van der Waals surface area contributed by atoms with E-state index in [1.54, 1.807) is 0 Å². The number of aromatic nitrogens is 1. The number of hydrogen-bond donors (Lipinski definition) is 0. The first-order valence-corrected chi connectivity index (χ1v) is 10.6. The van der Waals surface area contributed by atoms with Crippen LogP contribution < -0.4 is 0 Å². The van der Waals surface area contributed by atoms with Gasteiger partial charge in [0.1, 0.15) is 0 Å². The first-order chi connectivity index (χ1) is 14.7. The smallest absolute Gasteiger partial charge is 0.254 e. The average molecular weight is 404 g/mol. The molecule has 1 atom stereocenters. The monoisotopic (exact) mass is 403 g/mol. The highest BCUT2D eigenvalue weighted by atomic mass is 16.5. The van der Waals surface area contributed by atoms with E-state index in [1.165, 1.54) is 0 Å². The topological polar surface area (TPSA) is 37.7 Å². The molecule has 156 valence electrons. The number of carbonyl (C=O) groups is 1. The minimum atomic E-state index is 0.0682. The summed E-state index contributed by atoms with van der Waals surface area (Å²) in [5.74, 6) is 0.0682. The zero-order valence-electron chi connectivity index (χ0n) is 17.5. The van der Waals surface area contributed by atoms with E-state index in [-0.39, 0.29) is 11.9 Å². The van der Waals surface area contributed by atoms with Gasteiger partial charge in [-0.05, 0) is 48.9 Å². The summed E-state index contributed by atoms with van der Waals surface area (Å²) in [6, 6.07) is 22.2. The summed E-state index contributed by atoms with van der Waals surface area (Å²) in [7, 11) is 0. The summed E-state index contributed by atoms with van der Waals surface area (Å²) in [4.78, 5) is 17.9. The van der Waals surface area contributed by atoms with Crippen LogP contribution >= 0.6 is 0 Å². The number of nitrogens with zero attached hydrogens (tertiary/aromatic N) is 3. The molecular weight excluding hydrogens is 374 g/mol. The molecule has 1 aromatic heterocycles. The van der Waals surface area contributed by atoms with E-state index in [2.05, 4.69) is 24.0 Å². The van der Waals surface area contributed by atoms with Gasteiger partial charge in [-0.2, -0.15) is 0 Å². The molecule has 3 aromatic rings. The predicted molar refractivity (Wildman–Crippen MR) is 119 cm³/mol. The van der Waals surface area contributed by atoms with Crippen LogP contribution in [0.25, 0.3) is 5.69 Å². The zero-order chi connectivity index (χ0) is 20.8. The molecule has 5 heteroatoms. The van der Waals surface area contributed by atoms with Crippen LogP contribution in [0.4, 0.5) is 0 Å². The molecule has 30 heavy (non-hydrogen) atoms. The quantitative estimate of drug-likeness (QED) is 0.602. The Morgan fingerprint density at radius 3 is 2.30 bits per heavy atom. The Hall–Kier alpha value is -2.89. The Morgan fingerprint density at radius 1 is 0.967 bits per heavy atom. The Morgan fingerprint density at radius 2 is 1.63 bits per heavy atom. The van der Waals surface area contributed by atoms with E-state index < -0.39 is 0 Å². The fourth-order valence-corrected chi connectivity index (χ4v) is 3.91. The summed E-state index contributed by atoms with van der Waals surface area (Å²) in [5.41, 5.74) is 2.91. The Labute approximate surface area is 178 Å². The number of rotatable bonds is 7. The molecule has 4 rings (SSSR count). The van der Waals surface area contributed by atoms with Crippen molar-refractivity contribution in [1.29, 1.82) is 0 Å². The van der Waals surface area contributed by atoms with Crippen LogP contribution in [0.3, 0.4) is 0 Å². The van der Waals surface area contributed by atoms with Crippen molar-refractivity contribution in [1.82, 2.24) is 14.4 Å². The van der Waals surface area contributed by atoms with Crippen LogP contribution in [-0.2, 0) is 11.3 Å². The first kappa shape index (κ1) is 20.4. The molecular formula is C25H29N3O2. The van der Waals surface area contributed by atoms with Gasteiger partial charge in [-0.25, -0.2) is 0 Å². The second-order valence-corrected chi connectivity index (χ2v) is 7.82. The number of carbonyl (C=O) groups excluding carboxylic acids is 1. The summed E-state index contributed by atoms with van der Waals surface area (Å²) < 4.78 is 7.51. The molecule has 0 radical (unpaired) electrons. The van der Waals surface area contributed by atoms with E-state index in [1.807, 2.05) is 76.5 Å². The van der Waals surface area contributed by atoms with Gasteiger partial charge in [-0.1, -0.05) is 30.3 Å². The van der Waals surface area contributed by atoms with E-state index >= 15 is 0 Å². The van der Waals surface area contributed by atoms with Gasteiger partial charge in [0, 0.05) is 55.9 Å². The van der Waals surface area contributed by atoms with Gasteiger partial charge in [-0.15, -0.1) is 0 Å². The van der Waals surface area contributed by atoms with Gasteiger partial charge >= 0.3 is 0 Å². The fourth-order valence-electron chi connectivity index (χ4n) is 3.91. The van der Waals surface area contributed by atoms with Crippen LogP contribution in [-0.4, -0.2) is 59.2 Å².